The summed E-state index contributed by atoms with van der Waals surface area (Å²) in [7, 11) is 0. The van der Waals surface area contributed by atoms with Crippen LogP contribution in [0.25, 0.3) is 0 Å². The molecule has 2 aromatic rings. The van der Waals surface area contributed by atoms with Gasteiger partial charge in [0, 0.05) is 5.56 Å². The van der Waals surface area contributed by atoms with Crippen LogP contribution >= 0.6 is 11.8 Å². The Bertz CT molecular complexity index is 838. The van der Waals surface area contributed by atoms with Gasteiger partial charge >= 0.3 is 0 Å². The van der Waals surface area contributed by atoms with Gasteiger partial charge in [0.2, 0.25) is 5.91 Å². The zero-order valence-electron chi connectivity index (χ0n) is 17.2. The molecule has 0 saturated heterocycles. The minimum atomic E-state index is -0.546. The fourth-order valence-electron chi connectivity index (χ4n) is 3.76. The van der Waals surface area contributed by atoms with Crippen molar-refractivity contribution in [3.05, 3.63) is 70.8 Å². The number of nitrogens with one attached hydrogen (secondary N) is 2. The first kappa shape index (κ1) is 21.4. The summed E-state index contributed by atoms with van der Waals surface area (Å²) in [5, 5.41) is 6.02. The van der Waals surface area contributed by atoms with Crippen LogP contribution in [-0.4, -0.2) is 29.9 Å². The zero-order chi connectivity index (χ0) is 20.6. The number of benzene rings is 2. The number of rotatable bonds is 8. The van der Waals surface area contributed by atoms with Crippen LogP contribution in [0.2, 0.25) is 0 Å². The van der Waals surface area contributed by atoms with E-state index < -0.39 is 6.04 Å². The molecule has 2 unspecified atom stereocenters. The SMILES string of the molecule is CSCCC(NC(=O)c1ccccc1)C(=O)NC(C)c1ccc2c(c1)CCCC2. The second-order valence-electron chi connectivity index (χ2n) is 7.64. The Kier molecular flexibility index (Phi) is 7.76. The van der Waals surface area contributed by atoms with Crippen molar-refractivity contribution in [1.82, 2.24) is 10.6 Å². The highest BCUT2D eigenvalue weighted by Crippen LogP contribution is 2.24. The molecule has 1 aliphatic rings. The molecule has 0 aliphatic heterocycles. The van der Waals surface area contributed by atoms with E-state index in [2.05, 4.69) is 28.8 Å². The van der Waals surface area contributed by atoms with Crippen molar-refractivity contribution in [1.29, 1.82) is 0 Å². The molecule has 0 radical (unpaired) electrons. The highest BCUT2D eigenvalue weighted by molar-refractivity contribution is 7.98. The normalized spacial score (nSPS) is 15.1. The van der Waals surface area contributed by atoms with Gasteiger partial charge in [-0.05, 0) is 79.9 Å². The third-order valence-corrected chi connectivity index (χ3v) is 6.14. The summed E-state index contributed by atoms with van der Waals surface area (Å²) >= 11 is 1.67. The number of aryl methyl sites for hydroxylation is 2. The Morgan fingerprint density at radius 3 is 2.45 bits per heavy atom. The quantitative estimate of drug-likeness (QED) is 0.682. The molecule has 154 valence electrons. The van der Waals surface area contributed by atoms with Crippen LogP contribution in [0, 0.1) is 0 Å². The smallest absolute Gasteiger partial charge is 0.251 e. The van der Waals surface area contributed by atoms with Crippen molar-refractivity contribution in [2.24, 2.45) is 0 Å². The van der Waals surface area contributed by atoms with E-state index in [0.717, 1.165) is 24.2 Å². The highest BCUT2D eigenvalue weighted by Gasteiger charge is 2.23. The lowest BCUT2D eigenvalue weighted by molar-refractivity contribution is -0.123. The molecule has 0 fully saturated rings. The summed E-state index contributed by atoms with van der Waals surface area (Å²) < 4.78 is 0. The maximum absolute atomic E-state index is 13.0. The largest absolute Gasteiger partial charge is 0.348 e. The maximum Gasteiger partial charge on any atom is 0.251 e. The minimum absolute atomic E-state index is 0.0971. The van der Waals surface area contributed by atoms with Gasteiger partial charge in [0.25, 0.3) is 5.91 Å². The van der Waals surface area contributed by atoms with Crippen molar-refractivity contribution in [3.8, 4) is 0 Å². The Balaban J connectivity index is 1.66. The van der Waals surface area contributed by atoms with Gasteiger partial charge in [-0.2, -0.15) is 11.8 Å². The molecule has 1 aliphatic carbocycles. The van der Waals surface area contributed by atoms with E-state index in [4.69, 9.17) is 0 Å². The number of carbonyl (C=O) groups excluding carboxylic acids is 2. The molecule has 29 heavy (non-hydrogen) atoms. The molecule has 2 amide bonds. The van der Waals surface area contributed by atoms with Gasteiger partial charge in [-0.3, -0.25) is 9.59 Å². The number of amides is 2. The average molecular weight is 411 g/mol. The van der Waals surface area contributed by atoms with E-state index >= 15 is 0 Å². The summed E-state index contributed by atoms with van der Waals surface area (Å²) in [6, 6.07) is 14.9. The van der Waals surface area contributed by atoms with Crippen molar-refractivity contribution >= 4 is 23.6 Å². The van der Waals surface area contributed by atoms with Gasteiger partial charge in [-0.15, -0.1) is 0 Å². The number of fused-ring (bicyclic) bond motifs is 1. The monoisotopic (exact) mass is 410 g/mol. The lowest BCUT2D eigenvalue weighted by Gasteiger charge is -2.23. The topological polar surface area (TPSA) is 58.2 Å². The molecule has 0 heterocycles. The Morgan fingerprint density at radius 1 is 1.00 bits per heavy atom. The van der Waals surface area contributed by atoms with Crippen LogP contribution in [0.4, 0.5) is 0 Å². The number of hydrogen-bond donors (Lipinski definition) is 2. The first-order valence-corrected chi connectivity index (χ1v) is 11.7. The summed E-state index contributed by atoms with van der Waals surface area (Å²) in [5.74, 6) is 0.460. The lowest BCUT2D eigenvalue weighted by atomic mass is 9.89. The number of thioether (sulfide) groups is 1. The first-order valence-electron chi connectivity index (χ1n) is 10.4. The van der Waals surface area contributed by atoms with Crippen molar-refractivity contribution in [3.63, 3.8) is 0 Å². The highest BCUT2D eigenvalue weighted by atomic mass is 32.2. The lowest BCUT2D eigenvalue weighted by Crippen LogP contribution is -2.47. The summed E-state index contributed by atoms with van der Waals surface area (Å²) in [4.78, 5) is 25.5. The molecule has 3 rings (SSSR count). The van der Waals surface area contributed by atoms with E-state index in [9.17, 15) is 9.59 Å². The van der Waals surface area contributed by atoms with Crippen LogP contribution in [0.3, 0.4) is 0 Å². The fourth-order valence-corrected chi connectivity index (χ4v) is 4.23. The molecule has 0 bridgehead atoms. The van der Waals surface area contributed by atoms with E-state index in [1.807, 2.05) is 31.4 Å². The van der Waals surface area contributed by atoms with Gasteiger partial charge in [-0.25, -0.2) is 0 Å². The predicted octanol–water partition coefficient (Wildman–Crippen LogP) is 4.29. The summed E-state index contributed by atoms with van der Waals surface area (Å²) in [5.41, 5.74) is 4.53. The molecule has 2 aromatic carbocycles. The zero-order valence-corrected chi connectivity index (χ0v) is 18.1. The van der Waals surface area contributed by atoms with E-state index in [1.165, 1.54) is 24.0 Å². The third kappa shape index (κ3) is 5.86. The summed E-state index contributed by atoms with van der Waals surface area (Å²) in [6.07, 6.45) is 7.37. The average Bonchev–Trinajstić information content (AvgIpc) is 2.76. The van der Waals surface area contributed by atoms with Crippen LogP contribution in [0.15, 0.2) is 48.5 Å². The van der Waals surface area contributed by atoms with Crippen LogP contribution < -0.4 is 10.6 Å². The molecule has 2 atom stereocenters. The first-order chi connectivity index (χ1) is 14.1. The van der Waals surface area contributed by atoms with Gasteiger partial charge in [0.05, 0.1) is 6.04 Å². The standard InChI is InChI=1S/C24H30N2O2S/c1-17(20-13-12-18-8-6-7-11-21(18)16-20)25-24(28)22(14-15-29-2)26-23(27)19-9-4-3-5-10-19/h3-5,9-10,12-13,16-17,22H,6-8,11,14-15H2,1-2H3,(H,25,28)(H,26,27). The summed E-state index contributed by atoms with van der Waals surface area (Å²) in [6.45, 7) is 2.01. The molecule has 4 nitrogen and oxygen atoms in total. The van der Waals surface area contributed by atoms with Crippen molar-refractivity contribution in [2.75, 3.05) is 12.0 Å². The maximum atomic E-state index is 13.0. The second-order valence-corrected chi connectivity index (χ2v) is 8.62. The van der Waals surface area contributed by atoms with E-state index in [1.54, 1.807) is 23.9 Å². The molecule has 0 saturated carbocycles. The van der Waals surface area contributed by atoms with Gasteiger partial charge in [-0.1, -0.05) is 36.4 Å². The third-order valence-electron chi connectivity index (χ3n) is 5.50. The minimum Gasteiger partial charge on any atom is -0.348 e. The molecular weight excluding hydrogens is 380 g/mol. The van der Waals surface area contributed by atoms with E-state index in [0.29, 0.717) is 12.0 Å². The second kappa shape index (κ2) is 10.5. The van der Waals surface area contributed by atoms with Gasteiger partial charge in [0.15, 0.2) is 0 Å². The van der Waals surface area contributed by atoms with Gasteiger partial charge in [0.1, 0.15) is 6.04 Å². The Labute approximate surface area is 177 Å². The molecule has 0 spiro atoms. The van der Waals surface area contributed by atoms with E-state index in [-0.39, 0.29) is 17.9 Å². The molecular formula is C24H30N2O2S. The molecule has 0 aromatic heterocycles. The Hall–Kier alpha value is -2.27. The van der Waals surface area contributed by atoms with Crippen molar-refractivity contribution < 1.29 is 9.59 Å². The van der Waals surface area contributed by atoms with Crippen LogP contribution in [0.1, 0.15) is 59.3 Å². The van der Waals surface area contributed by atoms with Gasteiger partial charge < -0.3 is 10.6 Å². The van der Waals surface area contributed by atoms with Crippen LogP contribution in [-0.2, 0) is 17.6 Å². The number of hydrogen-bond acceptors (Lipinski definition) is 3. The Morgan fingerprint density at radius 2 is 1.72 bits per heavy atom. The van der Waals surface area contributed by atoms with Crippen LogP contribution in [0.5, 0.6) is 0 Å². The molecule has 2 N–H and O–H groups in total. The van der Waals surface area contributed by atoms with Crippen molar-refractivity contribution in [2.45, 2.75) is 51.1 Å². The molecule has 5 heteroatoms. The number of carbonyl (C=O) groups is 2. The predicted molar refractivity (Wildman–Crippen MR) is 120 cm³/mol. The fraction of sp³-hybridized carbons (Fsp3) is 0.417.